The standard InChI is InChI=1S/C20H27BrN2O3S/c1-7-25-16-9-14(15(21)11-17(16)26-8-2)10-18-19(24)23(13(5)6)20(27-18)22-12(3)4/h9-13H,7-8H2,1-6H3/b18-10+,22-20?. The average molecular weight is 455 g/mol. The molecule has 0 spiro atoms. The lowest BCUT2D eigenvalue weighted by molar-refractivity contribution is -0.123. The van der Waals surface area contributed by atoms with E-state index in [0.29, 0.717) is 29.6 Å². The Morgan fingerprint density at radius 2 is 1.74 bits per heavy atom. The molecule has 27 heavy (non-hydrogen) atoms. The number of halogens is 1. The van der Waals surface area contributed by atoms with Crippen molar-refractivity contribution in [2.24, 2.45) is 4.99 Å². The highest BCUT2D eigenvalue weighted by molar-refractivity contribution is 9.10. The van der Waals surface area contributed by atoms with Gasteiger partial charge in [0.25, 0.3) is 5.91 Å². The predicted molar refractivity (Wildman–Crippen MR) is 117 cm³/mol. The molecule has 1 aliphatic heterocycles. The molecule has 0 N–H and O–H groups in total. The predicted octanol–water partition coefficient (Wildman–Crippen LogP) is 5.34. The number of carbonyl (C=O) groups is 1. The van der Waals surface area contributed by atoms with Crippen LogP contribution in [-0.4, -0.2) is 41.3 Å². The number of aliphatic imine (C=N–C) groups is 1. The van der Waals surface area contributed by atoms with Crippen LogP contribution in [0.2, 0.25) is 0 Å². The van der Waals surface area contributed by atoms with Crippen molar-refractivity contribution in [1.82, 2.24) is 4.90 Å². The topological polar surface area (TPSA) is 51.1 Å². The summed E-state index contributed by atoms with van der Waals surface area (Å²) in [5.74, 6) is 1.33. The number of thioether (sulfide) groups is 1. The van der Waals surface area contributed by atoms with Gasteiger partial charge in [-0.15, -0.1) is 0 Å². The lowest BCUT2D eigenvalue weighted by Gasteiger charge is -2.20. The first-order valence-corrected chi connectivity index (χ1v) is 10.8. The molecule has 0 aliphatic carbocycles. The maximum absolute atomic E-state index is 12.9. The quantitative estimate of drug-likeness (QED) is 0.521. The van der Waals surface area contributed by atoms with Crippen LogP contribution in [0.15, 0.2) is 26.5 Å². The van der Waals surface area contributed by atoms with Crippen LogP contribution in [0.1, 0.15) is 47.1 Å². The molecule has 0 atom stereocenters. The van der Waals surface area contributed by atoms with E-state index in [1.807, 2.05) is 59.8 Å². The zero-order valence-corrected chi connectivity index (χ0v) is 19.1. The van der Waals surface area contributed by atoms with Gasteiger partial charge in [-0.3, -0.25) is 14.7 Å². The van der Waals surface area contributed by atoms with E-state index in [9.17, 15) is 4.79 Å². The molecule has 148 valence electrons. The summed E-state index contributed by atoms with van der Waals surface area (Å²) in [6, 6.07) is 3.96. The van der Waals surface area contributed by atoms with Crippen molar-refractivity contribution in [3.63, 3.8) is 0 Å². The lowest BCUT2D eigenvalue weighted by Crippen LogP contribution is -2.35. The van der Waals surface area contributed by atoms with Crippen molar-refractivity contribution in [2.45, 2.75) is 53.6 Å². The van der Waals surface area contributed by atoms with Gasteiger partial charge < -0.3 is 9.47 Å². The summed E-state index contributed by atoms with van der Waals surface area (Å²) in [6.45, 7) is 13.0. The number of ether oxygens (including phenoxy) is 2. The molecule has 1 fully saturated rings. The molecule has 0 aromatic heterocycles. The van der Waals surface area contributed by atoms with Crippen LogP contribution in [0.4, 0.5) is 0 Å². The van der Waals surface area contributed by atoms with E-state index in [-0.39, 0.29) is 18.0 Å². The smallest absolute Gasteiger partial charge is 0.266 e. The minimum atomic E-state index is -0.0202. The van der Waals surface area contributed by atoms with Crippen LogP contribution in [0, 0.1) is 0 Å². The molecular formula is C20H27BrN2O3S. The van der Waals surface area contributed by atoms with Crippen molar-refractivity contribution in [1.29, 1.82) is 0 Å². The largest absolute Gasteiger partial charge is 0.490 e. The van der Waals surface area contributed by atoms with Gasteiger partial charge in [0.05, 0.1) is 18.1 Å². The SMILES string of the molecule is CCOc1cc(Br)c(/C=C2/SC(=NC(C)C)N(C(C)C)C2=O)cc1OCC. The Labute approximate surface area is 174 Å². The first kappa shape index (κ1) is 21.8. The van der Waals surface area contributed by atoms with E-state index in [1.165, 1.54) is 11.8 Å². The zero-order chi connectivity index (χ0) is 20.1. The van der Waals surface area contributed by atoms with Crippen molar-refractivity contribution < 1.29 is 14.3 Å². The van der Waals surface area contributed by atoms with E-state index in [4.69, 9.17) is 9.47 Å². The normalized spacial score (nSPS) is 17.7. The Morgan fingerprint density at radius 3 is 2.26 bits per heavy atom. The van der Waals surface area contributed by atoms with Crippen LogP contribution in [0.25, 0.3) is 6.08 Å². The second kappa shape index (κ2) is 9.64. The Morgan fingerprint density at radius 1 is 1.15 bits per heavy atom. The van der Waals surface area contributed by atoms with E-state index < -0.39 is 0 Å². The van der Waals surface area contributed by atoms with Crippen LogP contribution >= 0.6 is 27.7 Å². The van der Waals surface area contributed by atoms with Crippen molar-refractivity contribution in [3.8, 4) is 11.5 Å². The highest BCUT2D eigenvalue weighted by Crippen LogP contribution is 2.39. The van der Waals surface area contributed by atoms with Gasteiger partial charge in [-0.2, -0.15) is 0 Å². The maximum Gasteiger partial charge on any atom is 0.266 e. The molecule has 1 aromatic rings. The molecule has 1 heterocycles. The number of nitrogens with zero attached hydrogens (tertiary/aromatic N) is 2. The Balaban J connectivity index is 2.45. The molecule has 0 bridgehead atoms. The summed E-state index contributed by atoms with van der Waals surface area (Å²) in [4.78, 5) is 19.9. The van der Waals surface area contributed by atoms with E-state index in [0.717, 1.165) is 15.2 Å². The zero-order valence-electron chi connectivity index (χ0n) is 16.7. The third kappa shape index (κ3) is 5.29. The second-order valence-electron chi connectivity index (χ2n) is 6.57. The monoisotopic (exact) mass is 454 g/mol. The molecule has 2 rings (SSSR count). The molecule has 0 unspecified atom stereocenters. The fourth-order valence-corrected chi connectivity index (χ4v) is 4.25. The van der Waals surface area contributed by atoms with Crippen molar-refractivity contribution in [2.75, 3.05) is 13.2 Å². The van der Waals surface area contributed by atoms with E-state index >= 15 is 0 Å². The average Bonchev–Trinajstić information content (AvgIpc) is 2.86. The van der Waals surface area contributed by atoms with Crippen molar-refractivity contribution in [3.05, 3.63) is 27.1 Å². The fourth-order valence-electron chi connectivity index (χ4n) is 2.59. The molecular weight excluding hydrogens is 428 g/mol. The van der Waals surface area contributed by atoms with E-state index in [2.05, 4.69) is 20.9 Å². The van der Waals surface area contributed by atoms with Gasteiger partial charge in [0.15, 0.2) is 16.7 Å². The van der Waals surface area contributed by atoms with Crippen LogP contribution < -0.4 is 9.47 Å². The minimum Gasteiger partial charge on any atom is -0.490 e. The Kier molecular flexibility index (Phi) is 7.79. The molecule has 0 saturated carbocycles. The molecule has 1 saturated heterocycles. The van der Waals surface area contributed by atoms with E-state index in [1.54, 1.807) is 4.90 Å². The molecule has 7 heteroatoms. The summed E-state index contributed by atoms with van der Waals surface area (Å²) in [5.41, 5.74) is 0.868. The van der Waals surface area contributed by atoms with Gasteiger partial charge >= 0.3 is 0 Å². The number of hydrogen-bond acceptors (Lipinski definition) is 5. The highest BCUT2D eigenvalue weighted by atomic mass is 79.9. The summed E-state index contributed by atoms with van der Waals surface area (Å²) < 4.78 is 12.2. The second-order valence-corrected chi connectivity index (χ2v) is 8.43. The molecule has 1 amide bonds. The third-order valence-electron chi connectivity index (χ3n) is 3.67. The summed E-state index contributed by atoms with van der Waals surface area (Å²) in [5, 5.41) is 0.753. The van der Waals surface area contributed by atoms with Crippen LogP contribution in [0.3, 0.4) is 0 Å². The van der Waals surface area contributed by atoms with Gasteiger partial charge in [-0.1, -0.05) is 15.9 Å². The summed E-state index contributed by atoms with van der Waals surface area (Å²) >= 11 is 5.00. The maximum atomic E-state index is 12.9. The first-order valence-electron chi connectivity index (χ1n) is 9.18. The van der Waals surface area contributed by atoms with Gasteiger partial charge in [-0.25, -0.2) is 0 Å². The molecule has 0 radical (unpaired) electrons. The summed E-state index contributed by atoms with van der Waals surface area (Å²) in [6.07, 6.45) is 1.88. The fraction of sp³-hybridized carbons (Fsp3) is 0.500. The lowest BCUT2D eigenvalue weighted by atomic mass is 10.1. The number of rotatable bonds is 7. The number of amides is 1. The van der Waals surface area contributed by atoms with Crippen LogP contribution in [0.5, 0.6) is 11.5 Å². The van der Waals surface area contributed by atoms with Gasteiger partial charge in [0.2, 0.25) is 0 Å². The molecule has 1 aliphatic rings. The van der Waals surface area contributed by atoms with Gasteiger partial charge in [0, 0.05) is 16.6 Å². The number of carbonyl (C=O) groups excluding carboxylic acids is 1. The van der Waals surface area contributed by atoms with Gasteiger partial charge in [0.1, 0.15) is 0 Å². The Hall–Kier alpha value is -1.47. The van der Waals surface area contributed by atoms with Gasteiger partial charge in [-0.05, 0) is 77.1 Å². The minimum absolute atomic E-state index is 0.0202. The Bertz CT molecular complexity index is 760. The van der Waals surface area contributed by atoms with Crippen molar-refractivity contribution >= 4 is 44.8 Å². The van der Waals surface area contributed by atoms with Crippen LogP contribution in [-0.2, 0) is 4.79 Å². The number of hydrogen-bond donors (Lipinski definition) is 0. The number of benzene rings is 1. The first-order chi connectivity index (χ1) is 12.8. The summed E-state index contributed by atoms with van der Waals surface area (Å²) in [7, 11) is 0. The number of amidine groups is 1. The molecule has 1 aromatic carbocycles. The molecule has 5 nitrogen and oxygen atoms in total. The third-order valence-corrected chi connectivity index (χ3v) is 5.36. The highest BCUT2D eigenvalue weighted by Gasteiger charge is 2.35.